The number of carbonyl (C=O) groups excluding carboxylic acids is 4. The van der Waals surface area contributed by atoms with E-state index >= 15 is 0 Å². The number of likely N-dealkylation sites (tertiary alicyclic amines) is 1. The van der Waals surface area contributed by atoms with Crippen LogP contribution in [-0.4, -0.2) is 63.5 Å². The average Bonchev–Trinajstić information content (AvgIpc) is 3.15. The molecule has 1 unspecified atom stereocenters. The van der Waals surface area contributed by atoms with Gasteiger partial charge in [-0.3, -0.25) is 23.9 Å². The third-order valence-electron chi connectivity index (χ3n) is 5.40. The van der Waals surface area contributed by atoms with E-state index in [1.54, 1.807) is 9.58 Å². The Morgan fingerprint density at radius 1 is 1.23 bits per heavy atom. The summed E-state index contributed by atoms with van der Waals surface area (Å²) in [5, 5.41) is 9.75. The second-order valence-electron chi connectivity index (χ2n) is 8.87. The van der Waals surface area contributed by atoms with Crippen molar-refractivity contribution in [3.8, 4) is 0 Å². The van der Waals surface area contributed by atoms with Crippen LogP contribution in [0.5, 0.6) is 0 Å². The SMILES string of the molecule is Cc1nn(C)cc1CC(=O)N1C[C@@H](C)[C@@H](NC(=O)C(CC(N)=O)NC(=O)CC(C)C)C1. The van der Waals surface area contributed by atoms with Crippen LogP contribution >= 0.6 is 0 Å². The molecule has 0 radical (unpaired) electrons. The molecular formula is C21H34N6O4. The molecule has 0 spiro atoms. The van der Waals surface area contributed by atoms with Crippen LogP contribution in [-0.2, 0) is 32.6 Å². The van der Waals surface area contributed by atoms with Crippen molar-refractivity contribution in [3.05, 3.63) is 17.5 Å². The zero-order valence-electron chi connectivity index (χ0n) is 19.0. The van der Waals surface area contributed by atoms with Gasteiger partial charge in [0, 0.05) is 38.3 Å². The van der Waals surface area contributed by atoms with Crippen LogP contribution in [0, 0.1) is 18.8 Å². The van der Waals surface area contributed by atoms with Crippen LogP contribution in [0.1, 0.15) is 44.9 Å². The Hall–Kier alpha value is -2.91. The lowest BCUT2D eigenvalue weighted by atomic mass is 10.0. The minimum atomic E-state index is -1.03. The van der Waals surface area contributed by atoms with Gasteiger partial charge in [0.1, 0.15) is 6.04 Å². The number of aryl methyl sites for hydroxylation is 2. The van der Waals surface area contributed by atoms with Crippen LogP contribution in [0.15, 0.2) is 6.20 Å². The molecule has 1 saturated heterocycles. The number of primary amides is 1. The number of nitrogens with two attached hydrogens (primary N) is 1. The maximum absolute atomic E-state index is 12.8. The highest BCUT2D eigenvalue weighted by atomic mass is 16.2. The van der Waals surface area contributed by atoms with Gasteiger partial charge < -0.3 is 21.3 Å². The summed E-state index contributed by atoms with van der Waals surface area (Å²) >= 11 is 0. The van der Waals surface area contributed by atoms with Crippen molar-refractivity contribution in [2.75, 3.05) is 13.1 Å². The highest BCUT2D eigenvalue weighted by molar-refractivity contribution is 5.92. The van der Waals surface area contributed by atoms with E-state index in [4.69, 9.17) is 5.73 Å². The normalized spacial score (nSPS) is 19.4. The fourth-order valence-corrected chi connectivity index (χ4v) is 3.77. The van der Waals surface area contributed by atoms with E-state index in [1.165, 1.54) is 0 Å². The molecule has 1 aromatic rings. The molecule has 4 N–H and O–H groups in total. The van der Waals surface area contributed by atoms with Crippen LogP contribution < -0.4 is 16.4 Å². The van der Waals surface area contributed by atoms with Gasteiger partial charge in [0.25, 0.3) is 0 Å². The third kappa shape index (κ3) is 7.08. The topological polar surface area (TPSA) is 139 Å². The molecule has 2 rings (SSSR count). The lowest BCUT2D eigenvalue weighted by molar-refractivity contribution is -0.132. The Morgan fingerprint density at radius 3 is 2.45 bits per heavy atom. The van der Waals surface area contributed by atoms with Gasteiger partial charge in [-0.25, -0.2) is 0 Å². The fourth-order valence-electron chi connectivity index (χ4n) is 3.77. The largest absolute Gasteiger partial charge is 0.370 e. The van der Waals surface area contributed by atoms with Crippen molar-refractivity contribution >= 4 is 23.6 Å². The summed E-state index contributed by atoms with van der Waals surface area (Å²) in [6.07, 6.45) is 2.06. The van der Waals surface area contributed by atoms with Crippen molar-refractivity contribution in [2.45, 2.75) is 59.0 Å². The van der Waals surface area contributed by atoms with Crippen LogP contribution in [0.3, 0.4) is 0 Å². The molecule has 2 heterocycles. The predicted octanol–water partition coefficient (Wildman–Crippen LogP) is -0.360. The summed E-state index contributed by atoms with van der Waals surface area (Å²) < 4.78 is 1.68. The highest BCUT2D eigenvalue weighted by Gasteiger charge is 2.35. The van der Waals surface area contributed by atoms with E-state index < -0.39 is 17.9 Å². The summed E-state index contributed by atoms with van der Waals surface area (Å²) in [6.45, 7) is 8.49. The van der Waals surface area contributed by atoms with Crippen molar-refractivity contribution in [3.63, 3.8) is 0 Å². The molecule has 31 heavy (non-hydrogen) atoms. The fraction of sp³-hybridized carbons (Fsp3) is 0.667. The quantitative estimate of drug-likeness (QED) is 0.487. The van der Waals surface area contributed by atoms with Crippen LogP contribution in [0.25, 0.3) is 0 Å². The lowest BCUT2D eigenvalue weighted by Gasteiger charge is -2.22. The maximum atomic E-state index is 12.8. The summed E-state index contributed by atoms with van der Waals surface area (Å²) in [7, 11) is 1.81. The van der Waals surface area contributed by atoms with Gasteiger partial charge in [0.2, 0.25) is 23.6 Å². The van der Waals surface area contributed by atoms with E-state index in [0.717, 1.165) is 11.3 Å². The number of amides is 4. The molecule has 0 aromatic carbocycles. The standard InChI is InChI=1S/C21H34N6O4/c1-12(2)6-19(29)23-16(8-18(22)28)21(31)24-17-11-27(9-13(17)3)20(30)7-15-10-26(5)25-14(15)4/h10,12-13,16-17H,6-9,11H2,1-5H3,(H2,22,28)(H,23,29)(H,24,31)/t13-,16?,17+/m1/s1. The first kappa shape index (κ1) is 24.4. The minimum Gasteiger partial charge on any atom is -0.370 e. The maximum Gasteiger partial charge on any atom is 0.243 e. The average molecular weight is 435 g/mol. The molecule has 1 aliphatic heterocycles. The molecule has 0 bridgehead atoms. The van der Waals surface area contributed by atoms with Gasteiger partial charge in [0.05, 0.1) is 24.6 Å². The van der Waals surface area contributed by atoms with E-state index in [-0.39, 0.29) is 49.0 Å². The minimum absolute atomic E-state index is 0.0291. The molecule has 4 amide bonds. The Labute approximate surface area is 182 Å². The number of nitrogens with one attached hydrogen (secondary N) is 2. The Bertz CT molecular complexity index is 834. The molecule has 1 fully saturated rings. The number of rotatable bonds is 9. The van der Waals surface area contributed by atoms with Gasteiger partial charge in [-0.1, -0.05) is 20.8 Å². The van der Waals surface area contributed by atoms with E-state index in [9.17, 15) is 19.2 Å². The lowest BCUT2D eigenvalue weighted by Crippen LogP contribution is -2.52. The monoisotopic (exact) mass is 434 g/mol. The van der Waals surface area contributed by atoms with Gasteiger partial charge in [-0.2, -0.15) is 5.10 Å². The smallest absolute Gasteiger partial charge is 0.243 e. The first-order valence-electron chi connectivity index (χ1n) is 10.6. The van der Waals surface area contributed by atoms with Gasteiger partial charge >= 0.3 is 0 Å². The number of hydrogen-bond acceptors (Lipinski definition) is 5. The molecule has 1 aliphatic rings. The van der Waals surface area contributed by atoms with Crippen LogP contribution in [0.4, 0.5) is 0 Å². The second kappa shape index (κ2) is 10.4. The van der Waals surface area contributed by atoms with E-state index in [0.29, 0.717) is 13.1 Å². The number of hydrogen-bond donors (Lipinski definition) is 3. The molecular weight excluding hydrogens is 400 g/mol. The number of nitrogens with zero attached hydrogens (tertiary/aromatic N) is 3. The molecule has 0 saturated carbocycles. The van der Waals surface area contributed by atoms with E-state index in [1.807, 2.05) is 40.9 Å². The zero-order valence-corrected chi connectivity index (χ0v) is 19.0. The third-order valence-corrected chi connectivity index (χ3v) is 5.40. The Morgan fingerprint density at radius 2 is 1.90 bits per heavy atom. The van der Waals surface area contributed by atoms with Gasteiger partial charge in [0.15, 0.2) is 0 Å². The predicted molar refractivity (Wildman–Crippen MR) is 115 cm³/mol. The zero-order chi connectivity index (χ0) is 23.3. The van der Waals surface area contributed by atoms with Crippen molar-refractivity contribution < 1.29 is 19.2 Å². The Balaban J connectivity index is 1.97. The van der Waals surface area contributed by atoms with Crippen molar-refractivity contribution in [2.24, 2.45) is 24.6 Å². The molecule has 10 nitrogen and oxygen atoms in total. The summed E-state index contributed by atoms with van der Waals surface area (Å²) in [5.41, 5.74) is 6.96. The molecule has 10 heteroatoms. The number of aromatic nitrogens is 2. The molecule has 0 aliphatic carbocycles. The van der Waals surface area contributed by atoms with Crippen LogP contribution in [0.2, 0.25) is 0 Å². The number of carbonyl (C=O) groups is 4. The van der Waals surface area contributed by atoms with Gasteiger partial charge in [-0.05, 0) is 18.8 Å². The summed E-state index contributed by atoms with van der Waals surface area (Å²) in [4.78, 5) is 50.7. The van der Waals surface area contributed by atoms with Gasteiger partial charge in [-0.15, -0.1) is 0 Å². The molecule has 3 atom stereocenters. The molecule has 172 valence electrons. The summed E-state index contributed by atoms with van der Waals surface area (Å²) in [6, 6.07) is -1.30. The van der Waals surface area contributed by atoms with E-state index in [2.05, 4.69) is 15.7 Å². The Kier molecular flexibility index (Phi) is 8.18. The summed E-state index contributed by atoms with van der Waals surface area (Å²) in [5.74, 6) is -1.32. The van der Waals surface area contributed by atoms with Crippen molar-refractivity contribution in [1.82, 2.24) is 25.3 Å². The second-order valence-corrected chi connectivity index (χ2v) is 8.87. The molecule has 1 aromatic heterocycles. The highest BCUT2D eigenvalue weighted by Crippen LogP contribution is 2.19. The first-order chi connectivity index (χ1) is 14.5. The van der Waals surface area contributed by atoms with Crippen molar-refractivity contribution in [1.29, 1.82) is 0 Å². The first-order valence-corrected chi connectivity index (χ1v) is 10.6.